The van der Waals surface area contributed by atoms with E-state index in [1.54, 1.807) is 0 Å². The second kappa shape index (κ2) is 6.55. The van der Waals surface area contributed by atoms with Gasteiger partial charge in [0, 0.05) is 10.6 Å². The Hall–Kier alpha value is -1.50. The molecule has 0 amide bonds. The van der Waals surface area contributed by atoms with E-state index in [9.17, 15) is 18.0 Å². The van der Waals surface area contributed by atoms with E-state index in [1.807, 2.05) is 0 Å². The molecule has 0 radical (unpaired) electrons. The van der Waals surface area contributed by atoms with Gasteiger partial charge in [0.2, 0.25) is 0 Å². The van der Waals surface area contributed by atoms with Gasteiger partial charge in [-0.15, -0.1) is 0 Å². The summed E-state index contributed by atoms with van der Waals surface area (Å²) in [4.78, 5) is 14.3. The van der Waals surface area contributed by atoms with E-state index in [1.165, 1.54) is 18.2 Å². The topological polar surface area (TPSA) is 50.2 Å². The van der Waals surface area contributed by atoms with Crippen molar-refractivity contribution in [2.75, 3.05) is 0 Å². The Bertz CT molecular complexity index is 755. The maximum absolute atomic E-state index is 13.0. The van der Waals surface area contributed by atoms with Crippen LogP contribution in [0.15, 0.2) is 24.3 Å². The number of benzene rings is 1. The molecule has 0 spiro atoms. The first-order valence-electron chi connectivity index (χ1n) is 6.03. The van der Waals surface area contributed by atoms with E-state index in [0.29, 0.717) is 6.07 Å². The van der Waals surface area contributed by atoms with Gasteiger partial charge < -0.3 is 5.11 Å². The van der Waals surface area contributed by atoms with Gasteiger partial charge in [-0.25, -0.2) is 4.98 Å². The number of aromatic nitrogens is 1. The van der Waals surface area contributed by atoms with Crippen LogP contribution in [-0.2, 0) is 17.4 Å². The minimum absolute atomic E-state index is 0.00981. The lowest BCUT2D eigenvalue weighted by molar-refractivity contribution is -0.141. The monoisotopic (exact) mass is 383 g/mol. The minimum Gasteiger partial charge on any atom is -0.481 e. The van der Waals surface area contributed by atoms with Crippen LogP contribution in [0.4, 0.5) is 13.2 Å². The van der Waals surface area contributed by atoms with E-state index in [-0.39, 0.29) is 31.9 Å². The number of aliphatic carboxylic acids is 1. The van der Waals surface area contributed by atoms with Gasteiger partial charge in [0.1, 0.15) is 5.69 Å². The third-order valence-corrected chi connectivity index (χ3v) is 3.61. The van der Waals surface area contributed by atoms with Crippen molar-refractivity contribution in [3.05, 3.63) is 50.6 Å². The molecule has 0 saturated carbocycles. The molecule has 2 aromatic rings. The fourth-order valence-corrected chi connectivity index (χ4v) is 2.93. The Morgan fingerprint density at radius 3 is 2.13 bits per heavy atom. The van der Waals surface area contributed by atoms with Crippen molar-refractivity contribution in [3.8, 4) is 11.3 Å². The minimum atomic E-state index is -4.74. The van der Waals surface area contributed by atoms with Crippen molar-refractivity contribution in [2.45, 2.75) is 12.6 Å². The van der Waals surface area contributed by atoms with Gasteiger partial charge in [-0.2, -0.15) is 13.2 Å². The first-order valence-corrected chi connectivity index (χ1v) is 7.16. The standard InChI is InChI=1S/C14H7Cl3F3NO2/c15-7-4-8(16)13(9(17)5-7)10-1-6(3-12(22)23)2-11(21-10)14(18,19)20/h1-2,4-5H,3H2,(H,22,23). The zero-order valence-corrected chi connectivity index (χ0v) is 13.4. The highest BCUT2D eigenvalue weighted by Gasteiger charge is 2.33. The summed E-state index contributed by atoms with van der Waals surface area (Å²) in [6.07, 6.45) is -5.34. The summed E-state index contributed by atoms with van der Waals surface area (Å²) in [6.45, 7) is 0. The van der Waals surface area contributed by atoms with E-state index in [4.69, 9.17) is 39.9 Å². The van der Waals surface area contributed by atoms with Crippen LogP contribution in [0.2, 0.25) is 15.1 Å². The molecule has 1 aromatic heterocycles. The molecule has 0 saturated heterocycles. The van der Waals surface area contributed by atoms with Crippen LogP contribution in [-0.4, -0.2) is 16.1 Å². The van der Waals surface area contributed by atoms with Crippen molar-refractivity contribution in [1.82, 2.24) is 4.98 Å². The first kappa shape index (κ1) is 17.8. The molecule has 0 aliphatic carbocycles. The second-order valence-corrected chi connectivity index (χ2v) is 5.81. The summed E-state index contributed by atoms with van der Waals surface area (Å²) >= 11 is 17.7. The average molecular weight is 385 g/mol. The maximum Gasteiger partial charge on any atom is 0.433 e. The Labute approximate surface area is 143 Å². The molecule has 9 heteroatoms. The Morgan fingerprint density at radius 2 is 1.65 bits per heavy atom. The number of pyridine rings is 1. The maximum atomic E-state index is 13.0. The Morgan fingerprint density at radius 1 is 1.09 bits per heavy atom. The molecule has 2 rings (SSSR count). The molecule has 3 nitrogen and oxygen atoms in total. The molecule has 23 heavy (non-hydrogen) atoms. The molecular weight excluding hydrogens is 378 g/mol. The number of carbonyl (C=O) groups is 1. The summed E-state index contributed by atoms with van der Waals surface area (Å²) in [6, 6.07) is 4.49. The lowest BCUT2D eigenvalue weighted by atomic mass is 10.1. The number of halogens is 6. The zero-order chi connectivity index (χ0) is 17.4. The van der Waals surface area contributed by atoms with Crippen molar-refractivity contribution in [1.29, 1.82) is 0 Å². The highest BCUT2D eigenvalue weighted by atomic mass is 35.5. The number of carboxylic acids is 1. The smallest absolute Gasteiger partial charge is 0.433 e. The third-order valence-electron chi connectivity index (χ3n) is 2.79. The predicted molar refractivity (Wildman–Crippen MR) is 81.0 cm³/mol. The normalized spacial score (nSPS) is 11.6. The molecular formula is C14H7Cl3F3NO2. The molecule has 1 heterocycles. The quantitative estimate of drug-likeness (QED) is 0.775. The number of rotatable bonds is 3. The van der Waals surface area contributed by atoms with Crippen LogP contribution in [0.25, 0.3) is 11.3 Å². The van der Waals surface area contributed by atoms with Crippen LogP contribution in [0, 0.1) is 0 Å². The fraction of sp³-hybridized carbons (Fsp3) is 0.143. The van der Waals surface area contributed by atoms with E-state index >= 15 is 0 Å². The average Bonchev–Trinajstić information content (AvgIpc) is 2.35. The second-order valence-electron chi connectivity index (χ2n) is 4.56. The number of hydrogen-bond donors (Lipinski definition) is 1. The van der Waals surface area contributed by atoms with Gasteiger partial charge in [-0.05, 0) is 29.8 Å². The molecule has 0 fully saturated rings. The number of carboxylic acid groups (broad SMARTS) is 1. The van der Waals surface area contributed by atoms with Crippen LogP contribution in [0.3, 0.4) is 0 Å². The van der Waals surface area contributed by atoms with Crippen molar-refractivity contribution >= 4 is 40.8 Å². The number of hydrogen-bond acceptors (Lipinski definition) is 2. The van der Waals surface area contributed by atoms with E-state index < -0.39 is 24.3 Å². The van der Waals surface area contributed by atoms with Crippen LogP contribution < -0.4 is 0 Å². The summed E-state index contributed by atoms with van der Waals surface area (Å²) < 4.78 is 38.9. The SMILES string of the molecule is O=C(O)Cc1cc(-c2c(Cl)cc(Cl)cc2Cl)nc(C(F)(F)F)c1. The molecule has 0 aliphatic heterocycles. The highest BCUT2D eigenvalue weighted by molar-refractivity contribution is 6.41. The summed E-state index contributed by atoms with van der Waals surface area (Å²) in [5.41, 5.74) is -1.43. The van der Waals surface area contributed by atoms with Crippen molar-refractivity contribution in [2.24, 2.45) is 0 Å². The molecule has 0 bridgehead atoms. The van der Waals surface area contributed by atoms with Gasteiger partial charge in [-0.1, -0.05) is 34.8 Å². The van der Waals surface area contributed by atoms with Gasteiger partial charge in [-0.3, -0.25) is 4.79 Å². The van der Waals surface area contributed by atoms with Crippen LogP contribution >= 0.6 is 34.8 Å². The Balaban J connectivity index is 2.69. The largest absolute Gasteiger partial charge is 0.481 e. The molecule has 122 valence electrons. The van der Waals surface area contributed by atoms with Crippen LogP contribution in [0.5, 0.6) is 0 Å². The molecule has 0 aliphatic rings. The lowest BCUT2D eigenvalue weighted by Gasteiger charge is -2.13. The van der Waals surface area contributed by atoms with Gasteiger partial charge in [0.05, 0.1) is 22.2 Å². The highest BCUT2D eigenvalue weighted by Crippen LogP contribution is 2.38. The van der Waals surface area contributed by atoms with Gasteiger partial charge >= 0.3 is 12.1 Å². The Kier molecular flexibility index (Phi) is 5.08. The van der Waals surface area contributed by atoms with Gasteiger partial charge in [0.15, 0.2) is 0 Å². The lowest BCUT2D eigenvalue weighted by Crippen LogP contribution is -2.11. The third kappa shape index (κ3) is 4.28. The number of alkyl halides is 3. The predicted octanol–water partition coefficient (Wildman–Crippen LogP) is 5.35. The summed E-state index contributed by atoms with van der Waals surface area (Å²) in [7, 11) is 0. The van der Waals surface area contributed by atoms with Crippen molar-refractivity contribution in [3.63, 3.8) is 0 Å². The molecule has 1 N–H and O–H groups in total. The molecule has 1 aromatic carbocycles. The first-order chi connectivity index (χ1) is 10.6. The van der Waals surface area contributed by atoms with E-state index in [0.717, 1.165) is 0 Å². The summed E-state index contributed by atoms with van der Waals surface area (Å²) in [5.74, 6) is -1.27. The fourth-order valence-electron chi connectivity index (χ4n) is 1.92. The molecule has 0 unspecified atom stereocenters. The van der Waals surface area contributed by atoms with E-state index in [2.05, 4.69) is 4.98 Å². The van der Waals surface area contributed by atoms with Crippen molar-refractivity contribution < 1.29 is 23.1 Å². The summed E-state index contributed by atoms with van der Waals surface area (Å²) in [5, 5.41) is 9.03. The van der Waals surface area contributed by atoms with Crippen LogP contribution in [0.1, 0.15) is 11.3 Å². The zero-order valence-electron chi connectivity index (χ0n) is 11.1. The molecule has 0 atom stereocenters. The van der Waals surface area contributed by atoms with Gasteiger partial charge in [0.25, 0.3) is 0 Å². The number of nitrogens with zero attached hydrogens (tertiary/aromatic N) is 1.